The zero-order valence-corrected chi connectivity index (χ0v) is 11.1. The van der Waals surface area contributed by atoms with Gasteiger partial charge in [-0.05, 0) is 24.6 Å². The highest BCUT2D eigenvalue weighted by Gasteiger charge is 2.07. The summed E-state index contributed by atoms with van der Waals surface area (Å²) in [5.41, 5.74) is 7.51. The molecule has 0 aliphatic carbocycles. The van der Waals surface area contributed by atoms with E-state index >= 15 is 0 Å². The summed E-state index contributed by atoms with van der Waals surface area (Å²) >= 11 is 6.12. The van der Waals surface area contributed by atoms with Crippen LogP contribution in [-0.4, -0.2) is 15.0 Å². The summed E-state index contributed by atoms with van der Waals surface area (Å²) in [6.07, 6.45) is 1.80. The van der Waals surface area contributed by atoms with Crippen LogP contribution in [0.25, 0.3) is 0 Å². The third-order valence-electron chi connectivity index (χ3n) is 2.51. The average molecular weight is 267 g/mol. The number of ether oxygens (including phenoxy) is 1. The lowest BCUT2D eigenvalue weighted by Gasteiger charge is -2.10. The highest BCUT2D eigenvalue weighted by Crippen LogP contribution is 2.27. The molecule has 0 aliphatic rings. The fourth-order valence-corrected chi connectivity index (χ4v) is 1.77. The fourth-order valence-electron chi connectivity index (χ4n) is 1.53. The lowest BCUT2D eigenvalue weighted by molar-refractivity contribution is 0.301. The van der Waals surface area contributed by atoms with Gasteiger partial charge in [0, 0.05) is 13.1 Å². The van der Waals surface area contributed by atoms with Crippen LogP contribution in [0.2, 0.25) is 5.02 Å². The van der Waals surface area contributed by atoms with Crippen molar-refractivity contribution in [3.63, 3.8) is 0 Å². The Kier molecular flexibility index (Phi) is 3.84. The minimum absolute atomic E-state index is 0.0449. The molecule has 0 amide bonds. The fraction of sp³-hybridized carbons (Fsp3) is 0.333. The molecule has 18 heavy (non-hydrogen) atoms. The number of aryl methyl sites for hydroxylation is 1. The molecule has 0 aliphatic heterocycles. The molecular weight excluding hydrogens is 252 g/mol. The van der Waals surface area contributed by atoms with E-state index < -0.39 is 0 Å². The number of nitrogens with zero attached hydrogens (tertiary/aromatic N) is 3. The maximum Gasteiger partial charge on any atom is 0.138 e. The summed E-state index contributed by atoms with van der Waals surface area (Å²) in [6, 6.07) is 5.49. The number of nitrogens with two attached hydrogens (primary N) is 1. The zero-order valence-electron chi connectivity index (χ0n) is 10.3. The van der Waals surface area contributed by atoms with Crippen molar-refractivity contribution >= 4 is 11.6 Å². The number of hydrogen-bond donors (Lipinski definition) is 1. The Morgan fingerprint density at radius 2 is 2.28 bits per heavy atom. The van der Waals surface area contributed by atoms with E-state index in [1.807, 2.05) is 25.1 Å². The second-order valence-electron chi connectivity index (χ2n) is 4.15. The average Bonchev–Trinajstić information content (AvgIpc) is 2.73. The van der Waals surface area contributed by atoms with Crippen LogP contribution < -0.4 is 10.5 Å². The van der Waals surface area contributed by atoms with Crippen LogP contribution in [0.1, 0.15) is 24.2 Å². The van der Waals surface area contributed by atoms with Crippen LogP contribution in [0.4, 0.5) is 0 Å². The van der Waals surface area contributed by atoms with Crippen molar-refractivity contribution in [3.8, 4) is 5.75 Å². The molecule has 6 heteroatoms. The second kappa shape index (κ2) is 5.37. The highest BCUT2D eigenvalue weighted by atomic mass is 35.5. The summed E-state index contributed by atoms with van der Waals surface area (Å²) in [5.74, 6) is 0.617. The molecule has 0 fully saturated rings. The molecule has 0 saturated carbocycles. The Hall–Kier alpha value is -1.59. The van der Waals surface area contributed by atoms with E-state index in [2.05, 4.69) is 10.3 Å². The highest BCUT2D eigenvalue weighted by molar-refractivity contribution is 6.32. The van der Waals surface area contributed by atoms with Gasteiger partial charge in [-0.2, -0.15) is 0 Å². The smallest absolute Gasteiger partial charge is 0.138 e. The van der Waals surface area contributed by atoms with Crippen molar-refractivity contribution in [2.45, 2.75) is 19.6 Å². The van der Waals surface area contributed by atoms with Crippen molar-refractivity contribution in [1.29, 1.82) is 0 Å². The molecule has 5 nitrogen and oxygen atoms in total. The minimum atomic E-state index is -0.0449. The van der Waals surface area contributed by atoms with Crippen LogP contribution in [0.5, 0.6) is 5.75 Å². The molecule has 2 rings (SSSR count). The van der Waals surface area contributed by atoms with Gasteiger partial charge in [0.2, 0.25) is 0 Å². The molecular formula is C12H15ClN4O. The van der Waals surface area contributed by atoms with Crippen LogP contribution >= 0.6 is 11.6 Å². The van der Waals surface area contributed by atoms with E-state index in [1.165, 1.54) is 0 Å². The molecule has 0 spiro atoms. The van der Waals surface area contributed by atoms with E-state index in [0.29, 0.717) is 17.4 Å². The number of halogens is 1. The number of benzene rings is 1. The van der Waals surface area contributed by atoms with Crippen molar-refractivity contribution in [2.24, 2.45) is 12.8 Å². The van der Waals surface area contributed by atoms with Gasteiger partial charge >= 0.3 is 0 Å². The molecule has 1 atom stereocenters. The molecule has 1 aromatic heterocycles. The Labute approximate surface area is 111 Å². The van der Waals surface area contributed by atoms with Crippen LogP contribution in [0.15, 0.2) is 24.4 Å². The van der Waals surface area contributed by atoms with Gasteiger partial charge in [-0.25, -0.2) is 0 Å². The first kappa shape index (κ1) is 12.9. The van der Waals surface area contributed by atoms with Gasteiger partial charge in [0.25, 0.3) is 0 Å². The molecule has 1 heterocycles. The molecule has 1 unspecified atom stereocenters. The van der Waals surface area contributed by atoms with Crippen molar-refractivity contribution in [2.75, 3.05) is 0 Å². The summed E-state index contributed by atoms with van der Waals surface area (Å²) in [5, 5.41) is 8.31. The maximum absolute atomic E-state index is 6.12. The number of aromatic nitrogens is 3. The van der Waals surface area contributed by atoms with Crippen molar-refractivity contribution < 1.29 is 4.74 Å². The molecule has 0 bridgehead atoms. The molecule has 0 radical (unpaired) electrons. The first-order valence-corrected chi connectivity index (χ1v) is 5.97. The second-order valence-corrected chi connectivity index (χ2v) is 4.56. The van der Waals surface area contributed by atoms with E-state index in [4.69, 9.17) is 22.1 Å². The van der Waals surface area contributed by atoms with E-state index in [0.717, 1.165) is 11.3 Å². The van der Waals surface area contributed by atoms with Gasteiger partial charge in [-0.3, -0.25) is 4.68 Å². The first-order chi connectivity index (χ1) is 8.56. The normalized spacial score (nSPS) is 12.4. The SMILES string of the molecule is CC(N)c1ccc(OCc2cn(C)nn2)c(Cl)c1. The summed E-state index contributed by atoms with van der Waals surface area (Å²) in [7, 11) is 1.81. The van der Waals surface area contributed by atoms with Gasteiger partial charge in [0.05, 0.1) is 11.2 Å². The van der Waals surface area contributed by atoms with Gasteiger partial charge in [-0.1, -0.05) is 22.9 Å². The van der Waals surface area contributed by atoms with E-state index in [-0.39, 0.29) is 6.04 Å². The minimum Gasteiger partial charge on any atom is -0.486 e. The molecule has 2 N–H and O–H groups in total. The topological polar surface area (TPSA) is 66.0 Å². The quantitative estimate of drug-likeness (QED) is 0.920. The van der Waals surface area contributed by atoms with Crippen LogP contribution in [0, 0.1) is 0 Å². The lowest BCUT2D eigenvalue weighted by atomic mass is 10.1. The van der Waals surface area contributed by atoms with Crippen LogP contribution in [-0.2, 0) is 13.7 Å². The maximum atomic E-state index is 6.12. The van der Waals surface area contributed by atoms with E-state index in [9.17, 15) is 0 Å². The van der Waals surface area contributed by atoms with Crippen LogP contribution in [0.3, 0.4) is 0 Å². The van der Waals surface area contributed by atoms with Gasteiger partial charge in [-0.15, -0.1) is 5.10 Å². The number of hydrogen-bond acceptors (Lipinski definition) is 4. The predicted molar refractivity (Wildman–Crippen MR) is 69.4 cm³/mol. The molecule has 2 aromatic rings. The molecule has 96 valence electrons. The summed E-state index contributed by atoms with van der Waals surface area (Å²) in [4.78, 5) is 0. The summed E-state index contributed by atoms with van der Waals surface area (Å²) in [6.45, 7) is 2.25. The van der Waals surface area contributed by atoms with Gasteiger partial charge in [0.1, 0.15) is 18.1 Å². The third kappa shape index (κ3) is 3.00. The molecule has 1 aromatic carbocycles. The zero-order chi connectivity index (χ0) is 13.1. The first-order valence-electron chi connectivity index (χ1n) is 5.59. The van der Waals surface area contributed by atoms with Crippen molar-refractivity contribution in [3.05, 3.63) is 40.7 Å². The Morgan fingerprint density at radius 3 is 2.83 bits per heavy atom. The van der Waals surface area contributed by atoms with Gasteiger partial charge in [0.15, 0.2) is 0 Å². The number of rotatable bonds is 4. The Morgan fingerprint density at radius 1 is 1.50 bits per heavy atom. The Balaban J connectivity index is 2.05. The lowest BCUT2D eigenvalue weighted by Crippen LogP contribution is -2.05. The van der Waals surface area contributed by atoms with Gasteiger partial charge < -0.3 is 10.5 Å². The standard InChI is InChI=1S/C12H15ClN4O/c1-8(14)9-3-4-12(11(13)5-9)18-7-10-6-17(2)16-15-10/h3-6,8H,7,14H2,1-2H3. The largest absolute Gasteiger partial charge is 0.486 e. The van der Waals surface area contributed by atoms with Crippen molar-refractivity contribution in [1.82, 2.24) is 15.0 Å². The Bertz CT molecular complexity index is 539. The monoisotopic (exact) mass is 266 g/mol. The predicted octanol–water partition coefficient (Wildman–Crippen LogP) is 2.07. The third-order valence-corrected chi connectivity index (χ3v) is 2.80. The summed E-state index contributed by atoms with van der Waals surface area (Å²) < 4.78 is 7.21. The van der Waals surface area contributed by atoms with E-state index in [1.54, 1.807) is 17.9 Å². The molecule has 0 saturated heterocycles.